The molecular weight excluding hydrogens is 289 g/mol. The molecule has 0 atom stereocenters. The standard InChI is InChI=1S/C8H9Cl2N3O3S/c9-6-3-5(4-13-7(6)10)8(14)12-1-2-17(11,15)16/h3-4H,1-2H2,(H,12,14)(H2,11,15,16). The number of aromatic nitrogens is 1. The first-order valence-corrected chi connectivity index (χ1v) is 6.86. The fourth-order valence-electron chi connectivity index (χ4n) is 0.954. The van der Waals surface area contributed by atoms with E-state index in [4.69, 9.17) is 28.3 Å². The predicted octanol–water partition coefficient (Wildman–Crippen LogP) is 0.407. The van der Waals surface area contributed by atoms with E-state index in [1.165, 1.54) is 12.3 Å². The SMILES string of the molecule is NS(=O)(=O)CCNC(=O)c1cnc(Cl)c(Cl)c1. The number of halogens is 2. The van der Waals surface area contributed by atoms with Crippen molar-refractivity contribution >= 4 is 39.1 Å². The van der Waals surface area contributed by atoms with Gasteiger partial charge in [0.2, 0.25) is 10.0 Å². The minimum atomic E-state index is -3.59. The van der Waals surface area contributed by atoms with Gasteiger partial charge in [-0.25, -0.2) is 18.5 Å². The van der Waals surface area contributed by atoms with Crippen LogP contribution >= 0.6 is 23.2 Å². The Morgan fingerprint density at radius 2 is 2.12 bits per heavy atom. The van der Waals surface area contributed by atoms with Gasteiger partial charge in [-0.2, -0.15) is 0 Å². The minimum absolute atomic E-state index is 0.0854. The smallest absolute Gasteiger partial charge is 0.252 e. The number of amides is 1. The molecule has 0 aromatic carbocycles. The molecule has 0 unspecified atom stereocenters. The molecule has 6 nitrogen and oxygen atoms in total. The highest BCUT2D eigenvalue weighted by Gasteiger charge is 2.10. The third-order valence-corrected chi connectivity index (χ3v) is 3.19. The fraction of sp³-hybridized carbons (Fsp3) is 0.250. The van der Waals surface area contributed by atoms with Gasteiger partial charge >= 0.3 is 0 Å². The molecule has 0 fully saturated rings. The van der Waals surface area contributed by atoms with Gasteiger partial charge in [0, 0.05) is 12.7 Å². The summed E-state index contributed by atoms with van der Waals surface area (Å²) in [5.41, 5.74) is 0.189. The monoisotopic (exact) mass is 297 g/mol. The highest BCUT2D eigenvalue weighted by atomic mass is 35.5. The maximum absolute atomic E-state index is 11.5. The Kier molecular flexibility index (Phi) is 4.70. The van der Waals surface area contributed by atoms with Gasteiger partial charge in [-0.3, -0.25) is 4.79 Å². The second-order valence-corrected chi connectivity index (χ2v) is 5.62. The molecule has 3 N–H and O–H groups in total. The van der Waals surface area contributed by atoms with E-state index in [0.29, 0.717) is 0 Å². The van der Waals surface area contributed by atoms with Crippen molar-refractivity contribution in [3.05, 3.63) is 28.0 Å². The molecule has 1 amide bonds. The molecule has 0 saturated heterocycles. The van der Waals surface area contributed by atoms with Crippen molar-refractivity contribution in [3.63, 3.8) is 0 Å². The van der Waals surface area contributed by atoms with Gasteiger partial charge in [0.1, 0.15) is 5.15 Å². The van der Waals surface area contributed by atoms with E-state index < -0.39 is 15.9 Å². The van der Waals surface area contributed by atoms with Crippen LogP contribution in [0.1, 0.15) is 10.4 Å². The van der Waals surface area contributed by atoms with Crippen LogP contribution < -0.4 is 10.5 Å². The highest BCUT2D eigenvalue weighted by molar-refractivity contribution is 7.89. The van der Waals surface area contributed by atoms with Crippen LogP contribution in [0.2, 0.25) is 10.2 Å². The summed E-state index contributed by atoms with van der Waals surface area (Å²) in [4.78, 5) is 15.2. The zero-order valence-corrected chi connectivity index (χ0v) is 10.8. The normalized spacial score (nSPS) is 11.2. The molecule has 1 heterocycles. The zero-order chi connectivity index (χ0) is 13.1. The lowest BCUT2D eigenvalue weighted by molar-refractivity contribution is 0.0956. The molecule has 1 rings (SSSR count). The summed E-state index contributed by atoms with van der Waals surface area (Å²) in [5, 5.41) is 7.37. The molecule has 1 aromatic rings. The number of pyridine rings is 1. The van der Waals surface area contributed by atoms with Crippen molar-refractivity contribution in [2.24, 2.45) is 5.14 Å². The first-order chi connectivity index (χ1) is 7.79. The molecule has 0 aliphatic rings. The molecule has 0 aliphatic heterocycles. The van der Waals surface area contributed by atoms with Gasteiger partial charge in [0.25, 0.3) is 5.91 Å². The number of hydrogen-bond donors (Lipinski definition) is 2. The van der Waals surface area contributed by atoms with E-state index in [-0.39, 0.29) is 28.0 Å². The van der Waals surface area contributed by atoms with Gasteiger partial charge in [-0.05, 0) is 6.07 Å². The largest absolute Gasteiger partial charge is 0.351 e. The van der Waals surface area contributed by atoms with Crippen LogP contribution in [0.15, 0.2) is 12.3 Å². The van der Waals surface area contributed by atoms with Crippen molar-refractivity contribution in [3.8, 4) is 0 Å². The van der Waals surface area contributed by atoms with Gasteiger partial charge in [0.05, 0.1) is 16.3 Å². The van der Waals surface area contributed by atoms with E-state index in [9.17, 15) is 13.2 Å². The maximum atomic E-state index is 11.5. The number of rotatable bonds is 4. The molecule has 1 aromatic heterocycles. The number of hydrogen-bond acceptors (Lipinski definition) is 4. The van der Waals surface area contributed by atoms with Gasteiger partial charge in [0.15, 0.2) is 0 Å². The van der Waals surface area contributed by atoms with Crippen molar-refractivity contribution in [2.45, 2.75) is 0 Å². The summed E-state index contributed by atoms with van der Waals surface area (Å²) in [7, 11) is -3.59. The van der Waals surface area contributed by atoms with Crippen molar-refractivity contribution in [1.29, 1.82) is 0 Å². The molecule has 0 aliphatic carbocycles. The number of nitrogens with zero attached hydrogens (tertiary/aromatic N) is 1. The van der Waals surface area contributed by atoms with E-state index in [2.05, 4.69) is 10.3 Å². The summed E-state index contributed by atoms with van der Waals surface area (Å²) < 4.78 is 21.2. The molecule has 17 heavy (non-hydrogen) atoms. The molecule has 9 heteroatoms. The number of nitrogens with one attached hydrogen (secondary N) is 1. The molecular formula is C8H9Cl2N3O3S. The average molecular weight is 298 g/mol. The minimum Gasteiger partial charge on any atom is -0.351 e. The predicted molar refractivity (Wildman–Crippen MR) is 64.6 cm³/mol. The van der Waals surface area contributed by atoms with Gasteiger partial charge < -0.3 is 5.32 Å². The molecule has 0 bridgehead atoms. The van der Waals surface area contributed by atoms with Crippen LogP contribution in [0, 0.1) is 0 Å². The lowest BCUT2D eigenvalue weighted by atomic mass is 10.3. The van der Waals surface area contributed by atoms with Crippen LogP contribution in [0.5, 0.6) is 0 Å². The lowest BCUT2D eigenvalue weighted by Crippen LogP contribution is -2.31. The lowest BCUT2D eigenvalue weighted by Gasteiger charge is -2.04. The molecule has 0 radical (unpaired) electrons. The number of carbonyl (C=O) groups is 1. The third kappa shape index (κ3) is 4.86. The second kappa shape index (κ2) is 5.63. The van der Waals surface area contributed by atoms with E-state index in [1.54, 1.807) is 0 Å². The Balaban J connectivity index is 2.61. The fourth-order valence-corrected chi connectivity index (χ4v) is 1.61. The van der Waals surface area contributed by atoms with E-state index in [1.807, 2.05) is 0 Å². The third-order valence-electron chi connectivity index (χ3n) is 1.73. The van der Waals surface area contributed by atoms with Crippen LogP contribution in [-0.4, -0.2) is 31.6 Å². The number of nitrogens with two attached hydrogens (primary N) is 1. The first-order valence-electron chi connectivity index (χ1n) is 4.39. The Morgan fingerprint density at radius 1 is 1.47 bits per heavy atom. The summed E-state index contributed by atoms with van der Waals surface area (Å²) in [5.74, 6) is -0.840. The summed E-state index contributed by atoms with van der Waals surface area (Å²) >= 11 is 11.3. The van der Waals surface area contributed by atoms with Crippen LogP contribution in [0.3, 0.4) is 0 Å². The average Bonchev–Trinajstić information content (AvgIpc) is 2.20. The molecule has 0 saturated carbocycles. The van der Waals surface area contributed by atoms with Crippen molar-refractivity contribution in [1.82, 2.24) is 10.3 Å². The van der Waals surface area contributed by atoms with Crippen molar-refractivity contribution < 1.29 is 13.2 Å². The second-order valence-electron chi connectivity index (χ2n) is 3.12. The quantitative estimate of drug-likeness (QED) is 0.786. The molecule has 94 valence electrons. The Bertz CT molecular complexity index is 533. The van der Waals surface area contributed by atoms with E-state index in [0.717, 1.165) is 0 Å². The maximum Gasteiger partial charge on any atom is 0.252 e. The van der Waals surface area contributed by atoms with Gasteiger partial charge in [-0.15, -0.1) is 0 Å². The number of sulfonamides is 1. The highest BCUT2D eigenvalue weighted by Crippen LogP contribution is 2.19. The van der Waals surface area contributed by atoms with Crippen LogP contribution in [0.4, 0.5) is 0 Å². The van der Waals surface area contributed by atoms with E-state index >= 15 is 0 Å². The molecule has 0 spiro atoms. The van der Waals surface area contributed by atoms with Crippen LogP contribution in [-0.2, 0) is 10.0 Å². The van der Waals surface area contributed by atoms with Crippen molar-refractivity contribution in [2.75, 3.05) is 12.3 Å². The number of carbonyl (C=O) groups excluding carboxylic acids is 1. The Hall–Kier alpha value is -0.890. The summed E-state index contributed by atoms with van der Waals surface area (Å²) in [6.07, 6.45) is 1.24. The Labute approximate surface area is 108 Å². The first kappa shape index (κ1) is 14.2. The number of primary sulfonamides is 1. The van der Waals surface area contributed by atoms with Gasteiger partial charge in [-0.1, -0.05) is 23.2 Å². The topological polar surface area (TPSA) is 102 Å². The van der Waals surface area contributed by atoms with Crippen LogP contribution in [0.25, 0.3) is 0 Å². The summed E-state index contributed by atoms with van der Waals surface area (Å²) in [6, 6.07) is 1.34. The zero-order valence-electron chi connectivity index (χ0n) is 8.48. The Morgan fingerprint density at radius 3 is 2.65 bits per heavy atom. The summed E-state index contributed by atoms with van der Waals surface area (Å²) in [6.45, 7) is -0.0854.